The van der Waals surface area contributed by atoms with Crippen molar-refractivity contribution < 1.29 is 26.7 Å². The third kappa shape index (κ3) is 2.88. The van der Waals surface area contributed by atoms with Crippen LogP contribution in [0.5, 0.6) is 0 Å². The van der Waals surface area contributed by atoms with E-state index in [1.165, 1.54) is 18.2 Å². The van der Waals surface area contributed by atoms with Crippen molar-refractivity contribution in [1.82, 2.24) is 19.7 Å². The molecule has 3 heterocycles. The fraction of sp³-hybridized carbons (Fsp3) is 0.238. The monoisotopic (exact) mass is 434 g/mol. The van der Waals surface area contributed by atoms with Gasteiger partial charge in [0.15, 0.2) is 5.65 Å². The van der Waals surface area contributed by atoms with E-state index in [9.17, 15) is 26.7 Å². The van der Waals surface area contributed by atoms with E-state index in [2.05, 4.69) is 10.4 Å². The molecule has 1 unspecified atom stereocenters. The van der Waals surface area contributed by atoms with E-state index in [4.69, 9.17) is 0 Å². The summed E-state index contributed by atoms with van der Waals surface area (Å²) in [4.78, 5) is 11.5. The van der Waals surface area contributed by atoms with Crippen LogP contribution in [0.4, 0.5) is 22.0 Å². The largest absolute Gasteiger partial charge is 0.416 e. The van der Waals surface area contributed by atoms with E-state index in [1.807, 2.05) is 0 Å². The number of hydrogen-bond donors (Lipinski definition) is 1. The molecule has 2 aromatic heterocycles. The molecule has 0 bridgehead atoms. The first-order valence-electron chi connectivity index (χ1n) is 9.39. The van der Waals surface area contributed by atoms with Crippen LogP contribution < -0.4 is 5.32 Å². The molecule has 1 saturated heterocycles. The van der Waals surface area contributed by atoms with Crippen molar-refractivity contribution in [1.29, 1.82) is 0 Å². The molecule has 1 aliphatic heterocycles. The van der Waals surface area contributed by atoms with Gasteiger partial charge in [0.25, 0.3) is 5.91 Å². The van der Waals surface area contributed by atoms with Gasteiger partial charge in [-0.2, -0.15) is 27.1 Å². The maximum Gasteiger partial charge on any atom is 0.416 e. The number of aromatic nitrogens is 3. The van der Waals surface area contributed by atoms with Crippen molar-refractivity contribution in [3.63, 3.8) is 0 Å². The lowest BCUT2D eigenvalue weighted by Crippen LogP contribution is -2.31. The summed E-state index contributed by atoms with van der Waals surface area (Å²) in [6.45, 7) is -0.173. The van der Waals surface area contributed by atoms with Crippen molar-refractivity contribution in [2.24, 2.45) is 7.05 Å². The summed E-state index contributed by atoms with van der Waals surface area (Å²) in [5, 5.41) is 7.89. The summed E-state index contributed by atoms with van der Waals surface area (Å²) < 4.78 is 70.6. The summed E-state index contributed by atoms with van der Waals surface area (Å²) in [7, 11) is 1.69. The summed E-state index contributed by atoms with van der Waals surface area (Å²) in [6, 6.07) is 9.40. The Kier molecular flexibility index (Phi) is 3.96. The van der Waals surface area contributed by atoms with Crippen LogP contribution in [0.1, 0.15) is 17.0 Å². The number of carbonyl (C=O) groups excluding carboxylic acids is 1. The number of carbonyl (C=O) groups is 1. The van der Waals surface area contributed by atoms with Gasteiger partial charge < -0.3 is 5.32 Å². The second-order valence-electron chi connectivity index (χ2n) is 7.58. The normalized spacial score (nSPS) is 18.8. The minimum Gasteiger partial charge on any atom is -0.350 e. The summed E-state index contributed by atoms with van der Waals surface area (Å²) >= 11 is 0. The highest BCUT2D eigenvalue weighted by molar-refractivity contribution is 6.08. The average molecular weight is 434 g/mol. The highest BCUT2D eigenvalue weighted by atomic mass is 19.4. The molecule has 31 heavy (non-hydrogen) atoms. The fourth-order valence-corrected chi connectivity index (χ4v) is 4.11. The van der Waals surface area contributed by atoms with Gasteiger partial charge in [-0.3, -0.25) is 14.0 Å². The van der Waals surface area contributed by atoms with E-state index in [1.54, 1.807) is 34.6 Å². The van der Waals surface area contributed by atoms with Gasteiger partial charge in [0.2, 0.25) is 0 Å². The van der Waals surface area contributed by atoms with Crippen LogP contribution in [0.2, 0.25) is 0 Å². The molecule has 160 valence electrons. The van der Waals surface area contributed by atoms with Crippen LogP contribution >= 0.6 is 0 Å². The molecule has 1 atom stereocenters. The van der Waals surface area contributed by atoms with Crippen molar-refractivity contribution in [2.45, 2.75) is 18.0 Å². The van der Waals surface area contributed by atoms with Gasteiger partial charge in [0.05, 0.1) is 17.0 Å². The number of amides is 1. The third-order valence-corrected chi connectivity index (χ3v) is 5.64. The predicted molar refractivity (Wildman–Crippen MR) is 103 cm³/mol. The molecule has 0 saturated carbocycles. The van der Waals surface area contributed by atoms with Gasteiger partial charge in [-0.1, -0.05) is 6.07 Å². The van der Waals surface area contributed by atoms with Gasteiger partial charge in [0, 0.05) is 36.2 Å². The summed E-state index contributed by atoms with van der Waals surface area (Å²) in [5.41, 5.74) is 1.09. The van der Waals surface area contributed by atoms with Gasteiger partial charge >= 0.3 is 12.1 Å². The zero-order valence-electron chi connectivity index (χ0n) is 16.0. The number of benzene rings is 2. The van der Waals surface area contributed by atoms with Crippen LogP contribution in [-0.2, 0) is 18.0 Å². The Hall–Kier alpha value is -3.43. The summed E-state index contributed by atoms with van der Waals surface area (Å²) in [6.07, 6.45) is -2.73. The minimum atomic E-state index is -4.45. The van der Waals surface area contributed by atoms with E-state index in [0.717, 1.165) is 12.1 Å². The number of halogens is 5. The van der Waals surface area contributed by atoms with Gasteiger partial charge in [-0.05, 0) is 42.0 Å². The standard InChI is InChI=1S/C21H15F5N4O/c1-29-10-15-14-8-11(16-9-27-19(31)20(16,22)23)2-7-17(14)30(18(15)28-29)13-5-3-12(4-6-13)21(24,25)26/h2-8,10,16H,9H2,1H3,(H,27,31). The number of rotatable bonds is 2. The lowest BCUT2D eigenvalue weighted by molar-refractivity contribution is -0.141. The Morgan fingerprint density at radius 1 is 1.10 bits per heavy atom. The Labute approximate surface area is 172 Å². The topological polar surface area (TPSA) is 51.9 Å². The molecule has 1 aliphatic rings. The molecular weight excluding hydrogens is 419 g/mol. The van der Waals surface area contributed by atoms with Gasteiger partial charge in [0.1, 0.15) is 0 Å². The molecule has 0 spiro atoms. The molecule has 0 aliphatic carbocycles. The molecule has 5 nitrogen and oxygen atoms in total. The molecule has 2 aromatic carbocycles. The first kappa shape index (κ1) is 19.5. The zero-order chi connectivity index (χ0) is 22.1. The first-order valence-corrected chi connectivity index (χ1v) is 9.39. The second-order valence-corrected chi connectivity index (χ2v) is 7.58. The molecule has 1 amide bonds. The predicted octanol–water partition coefficient (Wildman–Crippen LogP) is 4.38. The lowest BCUT2D eigenvalue weighted by atomic mass is 9.94. The molecular formula is C21H15F5N4O. The Morgan fingerprint density at radius 3 is 2.42 bits per heavy atom. The summed E-state index contributed by atoms with van der Waals surface area (Å²) in [5.74, 6) is -6.12. The zero-order valence-corrected chi connectivity index (χ0v) is 16.0. The Balaban J connectivity index is 1.70. The molecule has 4 aromatic rings. The smallest absolute Gasteiger partial charge is 0.350 e. The lowest BCUT2D eigenvalue weighted by Gasteiger charge is -2.16. The van der Waals surface area contributed by atoms with Crippen LogP contribution in [0.3, 0.4) is 0 Å². The van der Waals surface area contributed by atoms with Crippen LogP contribution in [0.25, 0.3) is 27.6 Å². The van der Waals surface area contributed by atoms with E-state index in [-0.39, 0.29) is 6.54 Å². The quantitative estimate of drug-likeness (QED) is 0.476. The molecule has 0 radical (unpaired) electrons. The molecule has 1 fully saturated rings. The highest BCUT2D eigenvalue weighted by Crippen LogP contribution is 2.40. The molecule has 1 N–H and O–H groups in total. The van der Waals surface area contributed by atoms with Crippen LogP contribution in [0.15, 0.2) is 48.7 Å². The number of nitrogens with zero attached hydrogens (tertiary/aromatic N) is 3. The minimum absolute atomic E-state index is 0.173. The van der Waals surface area contributed by atoms with E-state index >= 15 is 0 Å². The first-order chi connectivity index (χ1) is 14.6. The second kappa shape index (κ2) is 6.29. The maximum atomic E-state index is 14.3. The van der Waals surface area contributed by atoms with Crippen molar-refractivity contribution >= 4 is 27.8 Å². The van der Waals surface area contributed by atoms with Crippen molar-refractivity contribution in [3.05, 3.63) is 59.8 Å². The fourth-order valence-electron chi connectivity index (χ4n) is 4.11. The number of alkyl halides is 5. The van der Waals surface area contributed by atoms with Gasteiger partial charge in [-0.15, -0.1) is 0 Å². The Morgan fingerprint density at radius 2 is 1.81 bits per heavy atom. The highest BCUT2D eigenvalue weighted by Gasteiger charge is 2.52. The Bertz CT molecular complexity index is 1330. The molecule has 5 rings (SSSR count). The third-order valence-electron chi connectivity index (χ3n) is 5.64. The van der Waals surface area contributed by atoms with Crippen molar-refractivity contribution in [3.8, 4) is 5.69 Å². The number of hydrogen-bond acceptors (Lipinski definition) is 2. The van der Waals surface area contributed by atoms with Gasteiger partial charge in [-0.25, -0.2) is 0 Å². The maximum absolute atomic E-state index is 14.3. The average Bonchev–Trinajstić information content (AvgIpc) is 3.30. The SMILES string of the molecule is Cn1cc2c3cc(C4CNC(=O)C4(F)F)ccc3n(-c3ccc(C(F)(F)F)cc3)c2n1. The number of fused-ring (bicyclic) bond motifs is 3. The number of nitrogens with one attached hydrogen (secondary N) is 1. The van der Waals surface area contributed by atoms with E-state index in [0.29, 0.717) is 33.2 Å². The van der Waals surface area contributed by atoms with Crippen LogP contribution in [-0.4, -0.2) is 32.7 Å². The number of aryl methyl sites for hydroxylation is 1. The van der Waals surface area contributed by atoms with Crippen molar-refractivity contribution in [2.75, 3.05) is 6.54 Å². The van der Waals surface area contributed by atoms with E-state index < -0.39 is 29.5 Å². The molecule has 10 heteroatoms. The van der Waals surface area contributed by atoms with Crippen LogP contribution in [0, 0.1) is 0 Å².